The van der Waals surface area contributed by atoms with Crippen LogP contribution in [0.1, 0.15) is 55.5 Å². The lowest BCUT2D eigenvalue weighted by molar-refractivity contribution is -0.129. The number of carbonyl (C=O) groups is 1. The molecule has 0 atom stereocenters. The van der Waals surface area contributed by atoms with Crippen LogP contribution < -0.4 is 4.90 Å². The molecule has 0 bridgehead atoms. The van der Waals surface area contributed by atoms with Crippen molar-refractivity contribution < 1.29 is 9.53 Å². The average Bonchev–Trinajstić information content (AvgIpc) is 3.16. The summed E-state index contributed by atoms with van der Waals surface area (Å²) in [5, 5.41) is 5.05. The Morgan fingerprint density at radius 2 is 1.86 bits per heavy atom. The van der Waals surface area contributed by atoms with Gasteiger partial charge < -0.3 is 14.5 Å². The van der Waals surface area contributed by atoms with Gasteiger partial charge in [-0.05, 0) is 38.5 Å². The monoisotopic (exact) mass is 383 g/mol. The Bertz CT molecular complexity index is 879. The number of carbonyl (C=O) groups excluding carboxylic acids is 1. The topological polar surface area (TPSA) is 63.0 Å². The number of amides is 1. The summed E-state index contributed by atoms with van der Waals surface area (Å²) in [6.45, 7) is 6.58. The van der Waals surface area contributed by atoms with Crippen molar-refractivity contribution in [1.82, 2.24) is 19.5 Å². The number of anilines is 1. The van der Waals surface area contributed by atoms with Gasteiger partial charge >= 0.3 is 0 Å². The predicted octanol–water partition coefficient (Wildman–Crippen LogP) is 2.17. The predicted molar refractivity (Wildman–Crippen MR) is 107 cm³/mol. The number of ether oxygens (including phenoxy) is 1. The highest BCUT2D eigenvalue weighted by atomic mass is 16.5. The molecule has 0 spiro atoms. The molecule has 1 aliphatic carbocycles. The minimum Gasteiger partial charge on any atom is -0.381 e. The van der Waals surface area contributed by atoms with Crippen molar-refractivity contribution >= 4 is 17.4 Å². The van der Waals surface area contributed by atoms with Gasteiger partial charge in [0.2, 0.25) is 5.91 Å². The van der Waals surface area contributed by atoms with E-state index in [1.54, 1.807) is 6.92 Å². The fourth-order valence-electron chi connectivity index (χ4n) is 4.90. The Kier molecular flexibility index (Phi) is 4.70. The van der Waals surface area contributed by atoms with Crippen molar-refractivity contribution in [3.8, 4) is 0 Å². The quantitative estimate of drug-likeness (QED) is 0.795. The fourth-order valence-corrected chi connectivity index (χ4v) is 4.90. The first-order chi connectivity index (χ1) is 13.7. The second kappa shape index (κ2) is 7.35. The van der Waals surface area contributed by atoms with Crippen LogP contribution in [0.4, 0.5) is 5.82 Å². The number of hydrogen-bond donors (Lipinski definition) is 0. The molecule has 28 heavy (non-hydrogen) atoms. The standard InChI is InChI=1S/C21H29N5O2/c1-15(27)24-8-10-25(11-9-24)21-17-4-2-3-5-18(17)22-20-14-19(23-26(20)21)16-6-12-28-13-7-16/h14,16H,2-13H2,1H3. The number of fused-ring (bicyclic) bond motifs is 2. The van der Waals surface area contributed by atoms with Crippen molar-refractivity contribution in [3.63, 3.8) is 0 Å². The first-order valence-corrected chi connectivity index (χ1v) is 10.7. The number of hydrogen-bond acceptors (Lipinski definition) is 5. The molecule has 2 aromatic heterocycles. The van der Waals surface area contributed by atoms with Crippen LogP contribution in [0.5, 0.6) is 0 Å². The van der Waals surface area contributed by atoms with Crippen molar-refractivity contribution in [2.75, 3.05) is 44.3 Å². The lowest BCUT2D eigenvalue weighted by atomic mass is 9.95. The van der Waals surface area contributed by atoms with Gasteiger partial charge in [0, 0.05) is 69.6 Å². The summed E-state index contributed by atoms with van der Waals surface area (Å²) in [7, 11) is 0. The largest absolute Gasteiger partial charge is 0.381 e. The Morgan fingerprint density at radius 3 is 2.61 bits per heavy atom. The molecule has 2 aromatic rings. The molecule has 150 valence electrons. The Labute approximate surface area is 165 Å². The zero-order valence-corrected chi connectivity index (χ0v) is 16.7. The smallest absolute Gasteiger partial charge is 0.219 e. The summed E-state index contributed by atoms with van der Waals surface area (Å²) in [6.07, 6.45) is 6.65. The molecule has 0 saturated carbocycles. The summed E-state index contributed by atoms with van der Waals surface area (Å²) in [5.74, 6) is 1.86. The average molecular weight is 383 g/mol. The van der Waals surface area contributed by atoms with Gasteiger partial charge in [0.05, 0.1) is 5.69 Å². The van der Waals surface area contributed by atoms with E-state index in [2.05, 4.69) is 15.5 Å². The SMILES string of the molecule is CC(=O)N1CCN(c2c3c(nc4cc(C5CCOCC5)nn24)CCCC3)CC1. The summed E-state index contributed by atoms with van der Waals surface area (Å²) < 4.78 is 7.63. The third-order valence-corrected chi connectivity index (χ3v) is 6.53. The van der Waals surface area contributed by atoms with E-state index in [-0.39, 0.29) is 5.91 Å². The van der Waals surface area contributed by atoms with E-state index in [1.165, 1.54) is 29.9 Å². The highest BCUT2D eigenvalue weighted by molar-refractivity contribution is 5.73. The van der Waals surface area contributed by atoms with Gasteiger partial charge in [-0.2, -0.15) is 9.61 Å². The normalized spacial score (nSPS) is 21.2. The first-order valence-electron chi connectivity index (χ1n) is 10.7. The molecule has 7 nitrogen and oxygen atoms in total. The van der Waals surface area contributed by atoms with Crippen LogP contribution in [0.25, 0.3) is 5.65 Å². The molecule has 0 unspecified atom stereocenters. The lowest BCUT2D eigenvalue weighted by Crippen LogP contribution is -2.49. The van der Waals surface area contributed by atoms with Gasteiger partial charge in [0.15, 0.2) is 5.65 Å². The van der Waals surface area contributed by atoms with E-state index in [1.807, 2.05) is 4.90 Å². The maximum atomic E-state index is 11.7. The zero-order valence-electron chi connectivity index (χ0n) is 16.7. The Balaban J connectivity index is 1.55. The van der Waals surface area contributed by atoms with Crippen LogP contribution >= 0.6 is 0 Å². The van der Waals surface area contributed by atoms with Crippen LogP contribution in [0.2, 0.25) is 0 Å². The van der Waals surface area contributed by atoms with E-state index in [0.29, 0.717) is 5.92 Å². The van der Waals surface area contributed by atoms with Crippen LogP contribution in [0, 0.1) is 0 Å². The van der Waals surface area contributed by atoms with E-state index in [9.17, 15) is 4.79 Å². The summed E-state index contributed by atoms with van der Waals surface area (Å²) in [4.78, 5) is 21.1. The number of aromatic nitrogens is 3. The molecule has 1 amide bonds. The van der Waals surface area contributed by atoms with Gasteiger partial charge in [-0.1, -0.05) is 0 Å². The third-order valence-electron chi connectivity index (χ3n) is 6.53. The molecule has 2 aliphatic heterocycles. The number of nitrogens with zero attached hydrogens (tertiary/aromatic N) is 5. The van der Waals surface area contributed by atoms with Crippen LogP contribution in [-0.4, -0.2) is 64.8 Å². The van der Waals surface area contributed by atoms with Crippen LogP contribution in [0.3, 0.4) is 0 Å². The molecule has 0 aromatic carbocycles. The molecule has 0 radical (unpaired) electrons. The molecular weight excluding hydrogens is 354 g/mol. The molecule has 2 saturated heterocycles. The number of aryl methyl sites for hydroxylation is 1. The van der Waals surface area contributed by atoms with Gasteiger partial charge in [0.1, 0.15) is 5.82 Å². The minimum absolute atomic E-state index is 0.169. The van der Waals surface area contributed by atoms with Gasteiger partial charge in [-0.3, -0.25) is 4.79 Å². The van der Waals surface area contributed by atoms with Crippen molar-refractivity contribution in [2.45, 2.75) is 51.4 Å². The summed E-state index contributed by atoms with van der Waals surface area (Å²) in [5.41, 5.74) is 4.76. The molecule has 2 fully saturated rings. The molecule has 0 N–H and O–H groups in total. The van der Waals surface area contributed by atoms with Crippen molar-refractivity contribution in [1.29, 1.82) is 0 Å². The highest BCUT2D eigenvalue weighted by Crippen LogP contribution is 2.33. The molecule has 7 heteroatoms. The van der Waals surface area contributed by atoms with E-state index < -0.39 is 0 Å². The van der Waals surface area contributed by atoms with Gasteiger partial charge in [-0.25, -0.2) is 4.98 Å². The second-order valence-corrected chi connectivity index (χ2v) is 8.29. The molecular formula is C21H29N5O2. The second-order valence-electron chi connectivity index (χ2n) is 8.29. The lowest BCUT2D eigenvalue weighted by Gasteiger charge is -2.37. The van der Waals surface area contributed by atoms with Crippen molar-refractivity contribution in [2.24, 2.45) is 0 Å². The molecule has 3 aliphatic rings. The van der Waals surface area contributed by atoms with E-state index >= 15 is 0 Å². The Morgan fingerprint density at radius 1 is 1.11 bits per heavy atom. The third kappa shape index (κ3) is 3.15. The zero-order chi connectivity index (χ0) is 19.1. The fraction of sp³-hybridized carbons (Fsp3) is 0.667. The van der Waals surface area contributed by atoms with Gasteiger partial charge in [-0.15, -0.1) is 0 Å². The minimum atomic E-state index is 0.169. The van der Waals surface area contributed by atoms with E-state index in [0.717, 1.165) is 76.4 Å². The maximum Gasteiger partial charge on any atom is 0.219 e. The molecule has 5 rings (SSSR count). The van der Waals surface area contributed by atoms with Crippen LogP contribution in [0.15, 0.2) is 6.07 Å². The Hall–Kier alpha value is -2.15. The summed E-state index contributed by atoms with van der Waals surface area (Å²) in [6, 6.07) is 2.19. The highest BCUT2D eigenvalue weighted by Gasteiger charge is 2.28. The van der Waals surface area contributed by atoms with Gasteiger partial charge in [0.25, 0.3) is 0 Å². The summed E-state index contributed by atoms with van der Waals surface area (Å²) >= 11 is 0. The van der Waals surface area contributed by atoms with Crippen LogP contribution in [-0.2, 0) is 22.4 Å². The van der Waals surface area contributed by atoms with E-state index in [4.69, 9.17) is 14.8 Å². The molecule has 4 heterocycles. The number of rotatable bonds is 2. The first kappa shape index (κ1) is 17.9. The maximum absolute atomic E-state index is 11.7. The van der Waals surface area contributed by atoms with Crippen molar-refractivity contribution in [3.05, 3.63) is 23.0 Å². The number of piperazine rings is 1.